The lowest BCUT2D eigenvalue weighted by Crippen LogP contribution is -2.04. The van der Waals surface area contributed by atoms with Crippen molar-refractivity contribution in [3.05, 3.63) is 11.8 Å². The molecule has 0 unspecified atom stereocenters. The molecule has 0 saturated heterocycles. The van der Waals surface area contributed by atoms with E-state index in [1.807, 2.05) is 6.08 Å². The first kappa shape index (κ1) is 10.5. The van der Waals surface area contributed by atoms with Crippen LogP contribution >= 0.6 is 0 Å². The van der Waals surface area contributed by atoms with E-state index in [4.69, 9.17) is 17.2 Å². The Morgan fingerprint density at radius 2 is 1.73 bits per heavy atom. The molecule has 3 nitrogen and oxygen atoms in total. The van der Waals surface area contributed by atoms with E-state index >= 15 is 0 Å². The van der Waals surface area contributed by atoms with E-state index in [-0.39, 0.29) is 0 Å². The molecular weight excluding hydrogens is 138 g/mol. The van der Waals surface area contributed by atoms with Crippen LogP contribution in [-0.2, 0) is 0 Å². The second-order valence-corrected chi connectivity index (χ2v) is 2.60. The molecule has 0 radical (unpaired) electrons. The fourth-order valence-electron chi connectivity index (χ4n) is 0.814. The fraction of sp³-hybridized carbons (Fsp3) is 0.750. The maximum absolute atomic E-state index is 5.67. The van der Waals surface area contributed by atoms with Crippen molar-refractivity contribution in [3.63, 3.8) is 0 Å². The highest BCUT2D eigenvalue weighted by Crippen LogP contribution is 1.99. The number of hydrogen-bond donors (Lipinski definition) is 3. The van der Waals surface area contributed by atoms with Gasteiger partial charge in [-0.05, 0) is 38.8 Å². The van der Waals surface area contributed by atoms with Crippen LogP contribution in [0.15, 0.2) is 11.8 Å². The summed E-state index contributed by atoms with van der Waals surface area (Å²) < 4.78 is 0. The van der Waals surface area contributed by atoms with Gasteiger partial charge in [-0.2, -0.15) is 0 Å². The standard InChI is InChI=1S/C8H19N3/c9-6-2-1-4-8(11)5-3-7-10/h4H,1-3,5-7,9-11H2/b8-4+. The van der Waals surface area contributed by atoms with Crippen molar-refractivity contribution in [3.8, 4) is 0 Å². The molecule has 0 atom stereocenters. The van der Waals surface area contributed by atoms with Gasteiger partial charge in [0, 0.05) is 5.70 Å². The average Bonchev–Trinajstić information content (AvgIpc) is 2.01. The Labute approximate surface area is 68.6 Å². The van der Waals surface area contributed by atoms with Gasteiger partial charge in [0.25, 0.3) is 0 Å². The minimum atomic E-state index is 0.714. The Morgan fingerprint density at radius 1 is 1.09 bits per heavy atom. The summed E-state index contributed by atoms with van der Waals surface area (Å²) in [6.07, 6.45) is 5.95. The number of unbranched alkanes of at least 4 members (excludes halogenated alkanes) is 1. The molecule has 0 aliphatic rings. The first-order chi connectivity index (χ1) is 5.31. The van der Waals surface area contributed by atoms with Crippen LogP contribution in [0.2, 0.25) is 0 Å². The molecule has 66 valence electrons. The molecule has 0 bridgehead atoms. The van der Waals surface area contributed by atoms with E-state index in [1.165, 1.54) is 0 Å². The molecule has 0 spiro atoms. The summed E-state index contributed by atoms with van der Waals surface area (Å²) >= 11 is 0. The van der Waals surface area contributed by atoms with Crippen molar-refractivity contribution >= 4 is 0 Å². The van der Waals surface area contributed by atoms with E-state index in [2.05, 4.69) is 0 Å². The van der Waals surface area contributed by atoms with E-state index in [9.17, 15) is 0 Å². The van der Waals surface area contributed by atoms with Crippen molar-refractivity contribution in [2.45, 2.75) is 25.7 Å². The molecule has 0 amide bonds. The normalized spacial score (nSPS) is 12.0. The zero-order valence-electron chi connectivity index (χ0n) is 7.05. The van der Waals surface area contributed by atoms with Gasteiger partial charge in [-0.3, -0.25) is 0 Å². The number of rotatable bonds is 6. The van der Waals surface area contributed by atoms with Gasteiger partial charge in [0.2, 0.25) is 0 Å². The van der Waals surface area contributed by atoms with Gasteiger partial charge < -0.3 is 17.2 Å². The Balaban J connectivity index is 3.30. The molecule has 0 aromatic carbocycles. The van der Waals surface area contributed by atoms with Crippen LogP contribution in [0.4, 0.5) is 0 Å². The summed E-state index contributed by atoms with van der Waals surface area (Å²) in [5, 5.41) is 0. The van der Waals surface area contributed by atoms with Gasteiger partial charge in [-0.15, -0.1) is 0 Å². The van der Waals surface area contributed by atoms with Crippen LogP contribution in [0.25, 0.3) is 0 Å². The summed E-state index contributed by atoms with van der Waals surface area (Å²) in [5.74, 6) is 0. The second-order valence-electron chi connectivity index (χ2n) is 2.60. The van der Waals surface area contributed by atoms with Crippen LogP contribution in [0, 0.1) is 0 Å². The molecule has 0 aromatic rings. The van der Waals surface area contributed by atoms with Gasteiger partial charge in [0.1, 0.15) is 0 Å². The summed E-state index contributed by atoms with van der Waals surface area (Å²) in [4.78, 5) is 0. The minimum absolute atomic E-state index is 0.714. The minimum Gasteiger partial charge on any atom is -0.402 e. The predicted molar refractivity (Wildman–Crippen MR) is 48.8 cm³/mol. The van der Waals surface area contributed by atoms with E-state index < -0.39 is 0 Å². The fourth-order valence-corrected chi connectivity index (χ4v) is 0.814. The van der Waals surface area contributed by atoms with E-state index in [0.29, 0.717) is 6.54 Å². The largest absolute Gasteiger partial charge is 0.402 e. The number of hydrogen-bond acceptors (Lipinski definition) is 3. The molecule has 6 N–H and O–H groups in total. The van der Waals surface area contributed by atoms with Crippen molar-refractivity contribution in [2.24, 2.45) is 17.2 Å². The lowest BCUT2D eigenvalue weighted by molar-refractivity contribution is 0.795. The molecule has 0 aromatic heterocycles. The van der Waals surface area contributed by atoms with Crippen molar-refractivity contribution in [1.82, 2.24) is 0 Å². The lowest BCUT2D eigenvalue weighted by atomic mass is 10.2. The lowest BCUT2D eigenvalue weighted by Gasteiger charge is -1.98. The van der Waals surface area contributed by atoms with Crippen molar-refractivity contribution < 1.29 is 0 Å². The number of nitrogens with two attached hydrogens (primary N) is 3. The summed E-state index contributed by atoms with van der Waals surface area (Å²) in [6.45, 7) is 1.45. The van der Waals surface area contributed by atoms with E-state index in [1.54, 1.807) is 0 Å². The Hall–Kier alpha value is -0.540. The summed E-state index contributed by atoms with van der Waals surface area (Å²) in [7, 11) is 0. The molecule has 0 saturated carbocycles. The quantitative estimate of drug-likeness (QED) is 0.485. The first-order valence-corrected chi connectivity index (χ1v) is 4.16. The van der Waals surface area contributed by atoms with Crippen LogP contribution in [0.3, 0.4) is 0 Å². The van der Waals surface area contributed by atoms with Crippen LogP contribution in [-0.4, -0.2) is 13.1 Å². The highest BCUT2D eigenvalue weighted by atomic mass is 14.6. The zero-order chi connectivity index (χ0) is 8.53. The Kier molecular flexibility index (Phi) is 7.19. The summed E-state index contributed by atoms with van der Waals surface area (Å²) in [5.41, 5.74) is 17.3. The second kappa shape index (κ2) is 7.57. The summed E-state index contributed by atoms with van der Waals surface area (Å²) in [6, 6.07) is 0. The maximum Gasteiger partial charge on any atom is 0.00404 e. The number of allylic oxidation sites excluding steroid dienone is 2. The predicted octanol–water partition coefficient (Wildman–Crippen LogP) is 0.307. The molecule has 0 aliphatic heterocycles. The van der Waals surface area contributed by atoms with Gasteiger partial charge in [-0.25, -0.2) is 0 Å². The van der Waals surface area contributed by atoms with Gasteiger partial charge >= 0.3 is 0 Å². The van der Waals surface area contributed by atoms with Crippen molar-refractivity contribution in [1.29, 1.82) is 0 Å². The third kappa shape index (κ3) is 7.36. The maximum atomic E-state index is 5.67. The molecule has 0 heterocycles. The molecule has 11 heavy (non-hydrogen) atoms. The molecular formula is C8H19N3. The van der Waals surface area contributed by atoms with Gasteiger partial charge in [0.05, 0.1) is 0 Å². The SMILES string of the molecule is NCCC/C=C(/N)CCCN. The van der Waals surface area contributed by atoms with Gasteiger partial charge in [0.15, 0.2) is 0 Å². The average molecular weight is 157 g/mol. The third-order valence-corrected chi connectivity index (χ3v) is 1.48. The van der Waals surface area contributed by atoms with Crippen LogP contribution < -0.4 is 17.2 Å². The van der Waals surface area contributed by atoms with Crippen molar-refractivity contribution in [2.75, 3.05) is 13.1 Å². The van der Waals surface area contributed by atoms with Crippen LogP contribution in [0.5, 0.6) is 0 Å². The zero-order valence-corrected chi connectivity index (χ0v) is 7.05. The van der Waals surface area contributed by atoms with E-state index in [0.717, 1.165) is 37.9 Å². The molecule has 0 aliphatic carbocycles. The Morgan fingerprint density at radius 3 is 2.27 bits per heavy atom. The topological polar surface area (TPSA) is 78.1 Å². The Bertz CT molecular complexity index is 110. The molecule has 0 rings (SSSR count). The van der Waals surface area contributed by atoms with Gasteiger partial charge in [-0.1, -0.05) is 6.08 Å². The highest BCUT2D eigenvalue weighted by molar-refractivity contribution is 4.95. The monoisotopic (exact) mass is 157 g/mol. The van der Waals surface area contributed by atoms with Crippen LogP contribution in [0.1, 0.15) is 25.7 Å². The third-order valence-electron chi connectivity index (χ3n) is 1.48. The smallest absolute Gasteiger partial charge is 0.00404 e. The first-order valence-electron chi connectivity index (χ1n) is 4.16. The molecule has 3 heteroatoms. The molecule has 0 fully saturated rings. The highest BCUT2D eigenvalue weighted by Gasteiger charge is 1.88.